The second-order valence-electron chi connectivity index (χ2n) is 11.2. The summed E-state index contributed by atoms with van der Waals surface area (Å²) in [6.07, 6.45) is 12.3. The number of primary amides is 1. The SMILES string of the molecule is COc1ccc(CCCN2CCCCC2)cc1CCN1CCC(n2ccc3ccc(CC(N)=O)cc32)CC1. The molecule has 0 bridgehead atoms. The third-order valence-electron chi connectivity index (χ3n) is 8.55. The third-order valence-corrected chi connectivity index (χ3v) is 8.55. The second kappa shape index (κ2) is 12.8. The average molecular weight is 517 g/mol. The maximum atomic E-state index is 11.4. The Balaban J connectivity index is 1.13. The molecule has 2 N–H and O–H groups in total. The van der Waals surface area contributed by atoms with Crippen molar-refractivity contribution >= 4 is 16.8 Å². The summed E-state index contributed by atoms with van der Waals surface area (Å²) in [5, 5.41) is 1.23. The van der Waals surface area contributed by atoms with Crippen LogP contribution in [-0.2, 0) is 24.1 Å². The number of rotatable bonds is 11. The number of hydrogen-bond donors (Lipinski definition) is 1. The van der Waals surface area contributed by atoms with Gasteiger partial charge >= 0.3 is 0 Å². The van der Waals surface area contributed by atoms with Crippen LogP contribution in [0.5, 0.6) is 5.75 Å². The zero-order chi connectivity index (χ0) is 26.3. The van der Waals surface area contributed by atoms with Crippen molar-refractivity contribution in [2.24, 2.45) is 5.73 Å². The van der Waals surface area contributed by atoms with E-state index in [4.69, 9.17) is 10.5 Å². The van der Waals surface area contributed by atoms with Crippen molar-refractivity contribution in [1.29, 1.82) is 0 Å². The molecule has 3 heterocycles. The van der Waals surface area contributed by atoms with Gasteiger partial charge in [-0.05, 0) is 105 Å². The number of aryl methyl sites for hydroxylation is 1. The number of fused-ring (bicyclic) bond motifs is 1. The van der Waals surface area contributed by atoms with Gasteiger partial charge in [-0.2, -0.15) is 0 Å². The van der Waals surface area contributed by atoms with Crippen LogP contribution >= 0.6 is 0 Å². The van der Waals surface area contributed by atoms with Crippen molar-refractivity contribution in [3.8, 4) is 5.75 Å². The summed E-state index contributed by atoms with van der Waals surface area (Å²) in [4.78, 5) is 16.6. The molecule has 2 aromatic carbocycles. The molecule has 2 saturated heterocycles. The zero-order valence-electron chi connectivity index (χ0n) is 23.0. The summed E-state index contributed by atoms with van der Waals surface area (Å²) in [5.74, 6) is 0.737. The van der Waals surface area contributed by atoms with Crippen molar-refractivity contribution in [2.75, 3.05) is 46.4 Å². The fraction of sp³-hybridized carbons (Fsp3) is 0.531. The fourth-order valence-electron chi connectivity index (χ4n) is 6.40. The maximum Gasteiger partial charge on any atom is 0.221 e. The molecule has 0 aliphatic carbocycles. The minimum absolute atomic E-state index is 0.282. The number of hydrogen-bond acceptors (Lipinski definition) is 4. The number of benzene rings is 2. The molecule has 5 rings (SSSR count). The van der Waals surface area contributed by atoms with Crippen LogP contribution in [0, 0.1) is 0 Å². The molecule has 38 heavy (non-hydrogen) atoms. The highest BCUT2D eigenvalue weighted by atomic mass is 16.5. The fourth-order valence-corrected chi connectivity index (χ4v) is 6.40. The van der Waals surface area contributed by atoms with Gasteiger partial charge in [0.25, 0.3) is 0 Å². The van der Waals surface area contributed by atoms with Gasteiger partial charge in [0.15, 0.2) is 0 Å². The number of aromatic nitrogens is 1. The molecule has 0 atom stereocenters. The largest absolute Gasteiger partial charge is 0.496 e. The highest BCUT2D eigenvalue weighted by molar-refractivity contribution is 5.83. The zero-order valence-corrected chi connectivity index (χ0v) is 23.0. The number of methoxy groups -OCH3 is 1. The van der Waals surface area contributed by atoms with Crippen molar-refractivity contribution in [1.82, 2.24) is 14.4 Å². The molecular weight excluding hydrogens is 472 g/mol. The molecule has 2 fully saturated rings. The summed E-state index contributed by atoms with van der Waals surface area (Å²) in [5.41, 5.74) is 10.4. The van der Waals surface area contributed by atoms with Gasteiger partial charge in [0, 0.05) is 37.4 Å². The van der Waals surface area contributed by atoms with Gasteiger partial charge in [0.05, 0.1) is 13.5 Å². The first-order chi connectivity index (χ1) is 18.6. The van der Waals surface area contributed by atoms with Crippen molar-refractivity contribution in [2.45, 2.75) is 63.8 Å². The molecule has 1 amide bonds. The van der Waals surface area contributed by atoms with Gasteiger partial charge in [0.1, 0.15) is 5.75 Å². The van der Waals surface area contributed by atoms with Gasteiger partial charge in [-0.1, -0.05) is 30.7 Å². The van der Waals surface area contributed by atoms with Gasteiger partial charge < -0.3 is 24.8 Å². The first-order valence-corrected chi connectivity index (χ1v) is 14.6. The summed E-state index contributed by atoms with van der Waals surface area (Å²) < 4.78 is 8.13. The van der Waals surface area contributed by atoms with E-state index in [1.807, 2.05) is 6.07 Å². The smallest absolute Gasteiger partial charge is 0.221 e. The lowest BCUT2D eigenvalue weighted by molar-refractivity contribution is -0.117. The van der Waals surface area contributed by atoms with E-state index in [1.165, 1.54) is 67.3 Å². The molecule has 0 radical (unpaired) electrons. The van der Waals surface area contributed by atoms with Crippen LogP contribution in [0.4, 0.5) is 0 Å². The molecule has 204 valence electrons. The van der Waals surface area contributed by atoms with Gasteiger partial charge in [0.2, 0.25) is 5.91 Å². The van der Waals surface area contributed by atoms with Gasteiger partial charge in [-0.15, -0.1) is 0 Å². The third kappa shape index (κ3) is 6.78. The molecular formula is C32H44N4O2. The lowest BCUT2D eigenvalue weighted by atomic mass is 10.0. The number of ether oxygens (including phenoxy) is 1. The van der Waals surface area contributed by atoms with Crippen molar-refractivity contribution < 1.29 is 9.53 Å². The highest BCUT2D eigenvalue weighted by Gasteiger charge is 2.22. The summed E-state index contributed by atoms with van der Waals surface area (Å²) in [6, 6.07) is 15.7. The molecule has 3 aromatic rings. The monoisotopic (exact) mass is 516 g/mol. The van der Waals surface area contributed by atoms with E-state index in [-0.39, 0.29) is 5.91 Å². The van der Waals surface area contributed by atoms with Crippen LogP contribution < -0.4 is 10.5 Å². The quantitative estimate of drug-likeness (QED) is 0.391. The molecule has 6 nitrogen and oxygen atoms in total. The molecule has 0 saturated carbocycles. The lowest BCUT2D eigenvalue weighted by Gasteiger charge is -2.33. The first-order valence-electron chi connectivity index (χ1n) is 14.6. The van der Waals surface area contributed by atoms with E-state index in [1.54, 1.807) is 7.11 Å². The minimum atomic E-state index is -0.282. The predicted octanol–water partition coefficient (Wildman–Crippen LogP) is 4.98. The molecule has 0 spiro atoms. The normalized spacial score (nSPS) is 17.7. The van der Waals surface area contributed by atoms with Gasteiger partial charge in [-0.3, -0.25) is 4.79 Å². The first kappa shape index (κ1) is 26.8. The Kier molecular flexibility index (Phi) is 9.02. The number of carbonyl (C=O) groups is 1. The van der Waals surface area contributed by atoms with Crippen LogP contribution in [0.15, 0.2) is 48.7 Å². The van der Waals surface area contributed by atoms with E-state index in [2.05, 4.69) is 57.0 Å². The topological polar surface area (TPSA) is 63.7 Å². The Morgan fingerprint density at radius 3 is 2.42 bits per heavy atom. The molecule has 1 aromatic heterocycles. The Morgan fingerprint density at radius 1 is 0.895 bits per heavy atom. The Labute approximate surface area is 227 Å². The number of amides is 1. The van der Waals surface area contributed by atoms with E-state index in [0.29, 0.717) is 12.5 Å². The van der Waals surface area contributed by atoms with Crippen LogP contribution in [-0.4, -0.2) is 66.7 Å². The molecule has 2 aliphatic heterocycles. The predicted molar refractivity (Wildman–Crippen MR) is 155 cm³/mol. The van der Waals surface area contributed by atoms with Crippen LogP contribution in [0.2, 0.25) is 0 Å². The summed E-state index contributed by atoms with van der Waals surface area (Å²) in [6.45, 7) is 7.05. The minimum Gasteiger partial charge on any atom is -0.496 e. The number of carbonyl (C=O) groups excluding carboxylic acids is 1. The van der Waals surface area contributed by atoms with Crippen LogP contribution in [0.3, 0.4) is 0 Å². The number of nitrogens with zero attached hydrogens (tertiary/aromatic N) is 3. The van der Waals surface area contributed by atoms with E-state index in [9.17, 15) is 4.79 Å². The molecule has 6 heteroatoms. The summed E-state index contributed by atoms with van der Waals surface area (Å²) >= 11 is 0. The van der Waals surface area contributed by atoms with Crippen molar-refractivity contribution in [3.63, 3.8) is 0 Å². The number of nitrogens with two attached hydrogens (primary N) is 1. The number of likely N-dealkylation sites (tertiary alicyclic amines) is 2. The Morgan fingerprint density at radius 2 is 1.66 bits per heavy atom. The van der Waals surface area contributed by atoms with E-state index < -0.39 is 0 Å². The lowest BCUT2D eigenvalue weighted by Crippen LogP contribution is -2.35. The standard InChI is InChI=1S/C32H44N4O2/c1-38-31-10-8-25(6-5-17-34-15-3-2-4-16-34)22-28(31)11-18-35-19-13-29(14-20-35)36-21-12-27-9-7-26(23-30(27)36)24-32(33)37/h7-10,12,21-23,29H,2-6,11,13-20,24H2,1H3,(H2,33,37). The van der Waals surface area contributed by atoms with E-state index in [0.717, 1.165) is 56.6 Å². The average Bonchev–Trinajstić information content (AvgIpc) is 3.36. The Bertz CT molecular complexity index is 1210. The number of piperidine rings is 2. The van der Waals surface area contributed by atoms with Gasteiger partial charge in [-0.25, -0.2) is 0 Å². The molecule has 2 aliphatic rings. The maximum absolute atomic E-state index is 11.4. The summed E-state index contributed by atoms with van der Waals surface area (Å²) in [7, 11) is 1.79. The highest BCUT2D eigenvalue weighted by Crippen LogP contribution is 2.29. The molecule has 0 unspecified atom stereocenters. The van der Waals surface area contributed by atoms with E-state index >= 15 is 0 Å². The Hall–Kier alpha value is -2.83. The van der Waals surface area contributed by atoms with Crippen molar-refractivity contribution in [3.05, 3.63) is 65.4 Å². The second-order valence-corrected chi connectivity index (χ2v) is 11.2. The van der Waals surface area contributed by atoms with Crippen LogP contribution in [0.1, 0.15) is 61.3 Å². The van der Waals surface area contributed by atoms with Crippen LogP contribution in [0.25, 0.3) is 10.9 Å².